The molecule has 0 aliphatic carbocycles. The van der Waals surface area contributed by atoms with Crippen LogP contribution in [0.4, 0.5) is 5.69 Å². The first kappa shape index (κ1) is 25.9. The largest absolute Gasteiger partial charge is 0.497 e. The van der Waals surface area contributed by atoms with Gasteiger partial charge in [-0.15, -0.1) is 0 Å². The first-order valence-electron chi connectivity index (χ1n) is 11.1. The van der Waals surface area contributed by atoms with Crippen LogP contribution in [0.25, 0.3) is 6.08 Å². The fourth-order valence-corrected chi connectivity index (χ4v) is 4.86. The van der Waals surface area contributed by atoms with Gasteiger partial charge in [0.05, 0.1) is 34.9 Å². The molecule has 0 saturated carbocycles. The van der Waals surface area contributed by atoms with E-state index in [1.54, 1.807) is 31.3 Å². The number of nitrogens with zero attached hydrogens (tertiary/aromatic N) is 2. The minimum atomic E-state index is -0.0892. The standard InChI is InChI=1S/C27H24Cl2N2O4S/c1-4-31-26(32)25(36-27(31)30-19-7-9-20(33-2)10-8-19)15-17-6-12-23(24(14-17)34-3)35-16-18-5-11-21(28)22(29)13-18/h5-15H,4,16H2,1-3H3/b25-15+,30-27?. The third-order valence-electron chi connectivity index (χ3n) is 5.37. The zero-order valence-corrected chi connectivity index (χ0v) is 22.3. The Balaban J connectivity index is 1.53. The highest BCUT2D eigenvalue weighted by atomic mass is 35.5. The number of benzene rings is 3. The lowest BCUT2D eigenvalue weighted by molar-refractivity contribution is -0.122. The second-order valence-electron chi connectivity index (χ2n) is 7.70. The predicted molar refractivity (Wildman–Crippen MR) is 147 cm³/mol. The molecule has 186 valence electrons. The third-order valence-corrected chi connectivity index (χ3v) is 7.11. The van der Waals surface area contributed by atoms with Crippen LogP contribution >= 0.6 is 35.0 Å². The molecule has 0 aromatic heterocycles. The molecule has 0 spiro atoms. The zero-order valence-electron chi connectivity index (χ0n) is 20.0. The molecule has 36 heavy (non-hydrogen) atoms. The highest BCUT2D eigenvalue weighted by Crippen LogP contribution is 2.36. The van der Waals surface area contributed by atoms with E-state index in [9.17, 15) is 4.79 Å². The number of carbonyl (C=O) groups is 1. The van der Waals surface area contributed by atoms with Gasteiger partial charge in [-0.3, -0.25) is 9.69 Å². The lowest BCUT2D eigenvalue weighted by Crippen LogP contribution is -2.28. The first-order chi connectivity index (χ1) is 17.4. The van der Waals surface area contributed by atoms with Crippen molar-refractivity contribution in [1.29, 1.82) is 0 Å². The maximum Gasteiger partial charge on any atom is 0.266 e. The second-order valence-corrected chi connectivity index (χ2v) is 9.52. The summed E-state index contributed by atoms with van der Waals surface area (Å²) in [4.78, 5) is 19.9. The Morgan fingerprint density at radius 3 is 2.39 bits per heavy atom. The van der Waals surface area contributed by atoms with Crippen LogP contribution in [0.15, 0.2) is 70.6 Å². The number of likely N-dealkylation sites (N-methyl/N-ethyl adjacent to an activating group) is 1. The van der Waals surface area contributed by atoms with Crippen LogP contribution in [-0.2, 0) is 11.4 Å². The molecular weight excluding hydrogens is 519 g/mol. The van der Waals surface area contributed by atoms with E-state index in [0.29, 0.717) is 44.8 Å². The average Bonchev–Trinajstić information content (AvgIpc) is 3.18. The van der Waals surface area contributed by atoms with E-state index in [0.717, 1.165) is 22.6 Å². The van der Waals surface area contributed by atoms with Crippen LogP contribution < -0.4 is 14.2 Å². The Morgan fingerprint density at radius 1 is 0.944 bits per heavy atom. The van der Waals surface area contributed by atoms with Gasteiger partial charge in [0.15, 0.2) is 16.7 Å². The Bertz CT molecular complexity index is 1330. The molecule has 3 aromatic carbocycles. The fraction of sp³-hybridized carbons (Fsp3) is 0.185. The molecular formula is C27H24Cl2N2O4S. The van der Waals surface area contributed by atoms with E-state index in [1.807, 2.05) is 61.5 Å². The van der Waals surface area contributed by atoms with Gasteiger partial charge in [-0.2, -0.15) is 0 Å². The Labute approximate surface area is 224 Å². The van der Waals surface area contributed by atoms with E-state index in [-0.39, 0.29) is 5.91 Å². The SMILES string of the molecule is CCN1C(=O)/C(=C\c2ccc(OCc3ccc(Cl)c(Cl)c3)c(OC)c2)SC1=Nc1ccc(OC)cc1. The molecule has 0 unspecified atom stereocenters. The van der Waals surface area contributed by atoms with Crippen molar-refractivity contribution in [3.63, 3.8) is 0 Å². The molecule has 3 aromatic rings. The van der Waals surface area contributed by atoms with E-state index in [1.165, 1.54) is 11.8 Å². The summed E-state index contributed by atoms with van der Waals surface area (Å²) in [6, 6.07) is 18.3. The number of hydrogen-bond donors (Lipinski definition) is 0. The molecule has 1 amide bonds. The van der Waals surface area contributed by atoms with Gasteiger partial charge in [-0.25, -0.2) is 4.99 Å². The molecule has 0 N–H and O–H groups in total. The molecule has 4 rings (SSSR count). The summed E-state index contributed by atoms with van der Waals surface area (Å²) >= 11 is 13.4. The van der Waals surface area contributed by atoms with Gasteiger partial charge in [-0.05, 0) is 84.4 Å². The Morgan fingerprint density at radius 2 is 1.72 bits per heavy atom. The molecule has 9 heteroatoms. The smallest absolute Gasteiger partial charge is 0.266 e. The number of methoxy groups -OCH3 is 2. The van der Waals surface area contributed by atoms with Gasteiger partial charge in [0.1, 0.15) is 12.4 Å². The number of ether oxygens (including phenoxy) is 3. The van der Waals surface area contributed by atoms with Crippen LogP contribution in [0.2, 0.25) is 10.0 Å². The minimum absolute atomic E-state index is 0.0892. The number of halogens is 2. The molecule has 0 radical (unpaired) electrons. The van der Waals surface area contributed by atoms with Crippen molar-refractivity contribution in [2.75, 3.05) is 20.8 Å². The summed E-state index contributed by atoms with van der Waals surface area (Å²) in [6.07, 6.45) is 1.83. The van der Waals surface area contributed by atoms with Gasteiger partial charge in [0, 0.05) is 6.54 Å². The normalized spacial score (nSPS) is 15.6. The van der Waals surface area contributed by atoms with E-state index < -0.39 is 0 Å². The van der Waals surface area contributed by atoms with Crippen molar-refractivity contribution >= 4 is 57.8 Å². The van der Waals surface area contributed by atoms with E-state index in [4.69, 9.17) is 37.4 Å². The molecule has 1 saturated heterocycles. The Hall–Kier alpha value is -3.13. The van der Waals surface area contributed by atoms with Crippen molar-refractivity contribution < 1.29 is 19.0 Å². The molecule has 0 atom stereocenters. The third kappa shape index (κ3) is 5.98. The van der Waals surface area contributed by atoms with Crippen molar-refractivity contribution in [3.8, 4) is 17.2 Å². The number of carbonyl (C=O) groups excluding carboxylic acids is 1. The topological polar surface area (TPSA) is 60.4 Å². The van der Waals surface area contributed by atoms with Crippen LogP contribution in [0.3, 0.4) is 0 Å². The van der Waals surface area contributed by atoms with Crippen molar-refractivity contribution in [3.05, 3.63) is 86.7 Å². The lowest BCUT2D eigenvalue weighted by atomic mass is 10.1. The molecule has 1 aliphatic heterocycles. The summed E-state index contributed by atoms with van der Waals surface area (Å²) < 4.78 is 16.7. The lowest BCUT2D eigenvalue weighted by Gasteiger charge is -2.12. The molecule has 1 fully saturated rings. The highest BCUT2D eigenvalue weighted by Gasteiger charge is 2.32. The zero-order chi connectivity index (χ0) is 25.7. The number of amidine groups is 1. The van der Waals surface area contributed by atoms with Gasteiger partial charge in [-0.1, -0.05) is 35.3 Å². The van der Waals surface area contributed by atoms with Gasteiger partial charge >= 0.3 is 0 Å². The summed E-state index contributed by atoms with van der Waals surface area (Å²) in [6.45, 7) is 2.75. The number of amides is 1. The predicted octanol–water partition coefficient (Wildman–Crippen LogP) is 7.21. The summed E-state index contributed by atoms with van der Waals surface area (Å²) in [5, 5.41) is 1.60. The molecule has 0 bridgehead atoms. The first-order valence-corrected chi connectivity index (χ1v) is 12.7. The number of hydrogen-bond acceptors (Lipinski definition) is 6. The number of thioether (sulfide) groups is 1. The minimum Gasteiger partial charge on any atom is -0.497 e. The van der Waals surface area contributed by atoms with Gasteiger partial charge in [0.2, 0.25) is 0 Å². The number of aliphatic imine (C=N–C) groups is 1. The van der Waals surface area contributed by atoms with Crippen LogP contribution in [0.1, 0.15) is 18.1 Å². The van der Waals surface area contributed by atoms with Gasteiger partial charge < -0.3 is 14.2 Å². The van der Waals surface area contributed by atoms with E-state index in [2.05, 4.69) is 4.99 Å². The maximum atomic E-state index is 13.0. The molecule has 6 nitrogen and oxygen atoms in total. The van der Waals surface area contributed by atoms with Gasteiger partial charge in [0.25, 0.3) is 5.91 Å². The van der Waals surface area contributed by atoms with Crippen molar-refractivity contribution in [2.24, 2.45) is 4.99 Å². The quantitative estimate of drug-likeness (QED) is 0.281. The second kappa shape index (κ2) is 11.7. The van der Waals surface area contributed by atoms with Crippen LogP contribution in [-0.4, -0.2) is 36.7 Å². The monoisotopic (exact) mass is 542 g/mol. The number of rotatable bonds is 8. The van der Waals surface area contributed by atoms with Crippen LogP contribution in [0, 0.1) is 0 Å². The summed E-state index contributed by atoms with van der Waals surface area (Å²) in [5.41, 5.74) is 2.44. The molecule has 1 heterocycles. The molecule has 1 aliphatic rings. The fourth-order valence-electron chi connectivity index (χ4n) is 3.47. The summed E-state index contributed by atoms with van der Waals surface area (Å²) in [5.74, 6) is 1.79. The maximum absolute atomic E-state index is 13.0. The van der Waals surface area contributed by atoms with E-state index >= 15 is 0 Å². The van der Waals surface area contributed by atoms with Crippen molar-refractivity contribution in [1.82, 2.24) is 4.90 Å². The van der Waals surface area contributed by atoms with Crippen LogP contribution in [0.5, 0.6) is 17.2 Å². The Kier molecular flexibility index (Phi) is 8.46. The highest BCUT2D eigenvalue weighted by molar-refractivity contribution is 8.18. The van der Waals surface area contributed by atoms with Crippen molar-refractivity contribution in [2.45, 2.75) is 13.5 Å². The average molecular weight is 543 g/mol. The summed E-state index contributed by atoms with van der Waals surface area (Å²) in [7, 11) is 3.19.